The molecule has 0 aromatic carbocycles. The van der Waals surface area contributed by atoms with E-state index in [-0.39, 0.29) is 24.0 Å². The monoisotopic (exact) mass is 230 g/mol. The molecule has 2 saturated heterocycles. The predicted molar refractivity (Wildman–Crippen MR) is 59.4 cm³/mol. The Kier molecular flexibility index (Phi) is 2.45. The molecule has 83 valence electrons. The summed E-state index contributed by atoms with van der Waals surface area (Å²) in [5, 5.41) is 0. The Bertz CT molecular complexity index is 304. The van der Waals surface area contributed by atoms with Crippen LogP contribution in [0.3, 0.4) is 0 Å². The van der Waals surface area contributed by atoms with E-state index in [0.717, 1.165) is 19.0 Å². The molecule has 0 aliphatic carbocycles. The van der Waals surface area contributed by atoms with Gasteiger partial charge in [-0.2, -0.15) is 0 Å². The van der Waals surface area contributed by atoms with Gasteiger partial charge in [-0.15, -0.1) is 0 Å². The predicted octanol–water partition coefficient (Wildman–Crippen LogP) is 0.449. The SMILES string of the molecule is [3H][B]SO[C@H]1[C@H](C)C(=O)N2[C@@H]1COC2(C)C. The largest absolute Gasteiger partial charge is 0.354 e. The lowest BCUT2D eigenvalue weighted by Gasteiger charge is -2.29. The maximum atomic E-state index is 12.1. The highest BCUT2D eigenvalue weighted by molar-refractivity contribution is 8.15. The molecule has 2 fully saturated rings. The number of amides is 1. The molecule has 0 bridgehead atoms. The molecule has 2 rings (SSSR count). The number of carbonyl (C=O) groups excluding carboxylic acids is 1. The maximum absolute atomic E-state index is 12.1. The van der Waals surface area contributed by atoms with Crippen molar-refractivity contribution in [1.82, 2.24) is 4.90 Å². The van der Waals surface area contributed by atoms with Gasteiger partial charge in [0.2, 0.25) is 13.0 Å². The van der Waals surface area contributed by atoms with Crippen molar-refractivity contribution in [2.75, 3.05) is 6.61 Å². The number of rotatable bonds is 3. The van der Waals surface area contributed by atoms with Crippen molar-refractivity contribution in [3.05, 3.63) is 0 Å². The van der Waals surface area contributed by atoms with Crippen molar-refractivity contribution >= 4 is 24.9 Å². The third kappa shape index (κ3) is 1.59. The van der Waals surface area contributed by atoms with Crippen LogP contribution >= 0.6 is 11.9 Å². The zero-order valence-corrected chi connectivity index (χ0v) is 9.91. The Morgan fingerprint density at radius 2 is 2.53 bits per heavy atom. The van der Waals surface area contributed by atoms with E-state index in [2.05, 4.69) is 0 Å². The highest BCUT2D eigenvalue weighted by Crippen LogP contribution is 2.40. The Morgan fingerprint density at radius 3 is 3.20 bits per heavy atom. The second kappa shape index (κ2) is 3.68. The number of carbonyl (C=O) groups is 1. The van der Waals surface area contributed by atoms with Gasteiger partial charge in [0.1, 0.15) is 11.8 Å². The van der Waals surface area contributed by atoms with E-state index in [0.29, 0.717) is 6.61 Å². The fraction of sp³-hybridized carbons (Fsp3) is 0.889. The van der Waals surface area contributed by atoms with Gasteiger partial charge in [-0.05, 0) is 15.2 Å². The summed E-state index contributed by atoms with van der Waals surface area (Å²) in [7, 11) is 1.13. The van der Waals surface area contributed by atoms with E-state index in [1.165, 1.54) is 0 Å². The Morgan fingerprint density at radius 1 is 1.80 bits per heavy atom. The molecule has 15 heavy (non-hydrogen) atoms. The van der Waals surface area contributed by atoms with Gasteiger partial charge in [-0.3, -0.25) is 4.79 Å². The molecule has 3 atom stereocenters. The average Bonchev–Trinajstić information content (AvgIpc) is 2.65. The van der Waals surface area contributed by atoms with E-state index >= 15 is 0 Å². The van der Waals surface area contributed by atoms with Crippen LogP contribution in [-0.4, -0.2) is 43.7 Å². The van der Waals surface area contributed by atoms with Gasteiger partial charge in [0.15, 0.2) is 0 Å². The summed E-state index contributed by atoms with van der Waals surface area (Å²) in [6, 6.07) is -0.0232. The van der Waals surface area contributed by atoms with Crippen LogP contribution in [0.2, 0.25) is 0 Å². The van der Waals surface area contributed by atoms with Crippen LogP contribution in [0.15, 0.2) is 0 Å². The van der Waals surface area contributed by atoms with Gasteiger partial charge in [0.25, 0.3) is 0 Å². The van der Waals surface area contributed by atoms with Crippen molar-refractivity contribution in [3.63, 3.8) is 0 Å². The van der Waals surface area contributed by atoms with Crippen LogP contribution in [0.25, 0.3) is 0 Å². The van der Waals surface area contributed by atoms with Crippen molar-refractivity contribution < 1.29 is 13.7 Å². The molecule has 1 radical (unpaired) electrons. The molecule has 0 saturated carbocycles. The minimum Gasteiger partial charge on any atom is -0.354 e. The number of fused-ring (bicyclic) bond motifs is 1. The Balaban J connectivity index is 2.16. The number of hydrogen-bond acceptors (Lipinski definition) is 4. The van der Waals surface area contributed by atoms with Gasteiger partial charge in [0, 0.05) is 0 Å². The summed E-state index contributed by atoms with van der Waals surface area (Å²) in [6.45, 7) is 6.16. The molecule has 2 heterocycles. The topological polar surface area (TPSA) is 38.8 Å². The molecular weight excluding hydrogens is 213 g/mol. The standard InChI is InChI=1S/C9H15BNO3S/c1-5-7(14-15-10)6-4-13-9(2,3)11(6)8(5)12/h5-7,10H,4H2,1-3H3/t5-,6+,7-/m0/s1/i10T. The third-order valence-corrected chi connectivity index (χ3v) is 3.52. The Hall–Kier alpha value is -0.195. The second-order valence-corrected chi connectivity index (χ2v) is 4.86. The molecule has 4 nitrogen and oxygen atoms in total. The third-order valence-electron chi connectivity index (χ3n) is 3.18. The molecular formula is C9H15BNO3S. The molecule has 2 aliphatic rings. The number of nitrogens with zero attached hydrogens (tertiary/aromatic N) is 1. The van der Waals surface area contributed by atoms with E-state index in [9.17, 15) is 4.79 Å². The number of hydrogen-bond donors (Lipinski definition) is 0. The van der Waals surface area contributed by atoms with E-state index in [1.54, 1.807) is 4.90 Å². The fourth-order valence-corrected chi connectivity index (χ4v) is 2.83. The summed E-state index contributed by atoms with van der Waals surface area (Å²) < 4.78 is 18.0. The molecule has 0 aromatic heterocycles. The smallest absolute Gasteiger partial charge is 0.230 e. The van der Waals surface area contributed by atoms with E-state index < -0.39 is 5.72 Å². The van der Waals surface area contributed by atoms with Crippen molar-refractivity contribution in [2.45, 2.75) is 38.6 Å². The van der Waals surface area contributed by atoms with Crippen LogP contribution in [0.5, 0.6) is 0 Å². The molecule has 0 spiro atoms. The van der Waals surface area contributed by atoms with Gasteiger partial charge < -0.3 is 13.8 Å². The first-order valence-electron chi connectivity index (χ1n) is 5.56. The molecule has 0 aromatic rings. The summed E-state index contributed by atoms with van der Waals surface area (Å²) in [6.07, 6.45) is -0.194. The molecule has 0 unspecified atom stereocenters. The first-order chi connectivity index (χ1) is 7.49. The summed E-state index contributed by atoms with van der Waals surface area (Å²) in [5.41, 5.74) is -0.538. The first-order valence-corrected chi connectivity index (χ1v) is 5.79. The van der Waals surface area contributed by atoms with Crippen LogP contribution in [0, 0.1) is 5.92 Å². The normalized spacial score (nSPS) is 39.1. The zero-order chi connectivity index (χ0) is 11.9. The summed E-state index contributed by atoms with van der Waals surface area (Å²) >= 11 is 0.967. The first kappa shape index (κ1) is 9.99. The van der Waals surface area contributed by atoms with Gasteiger partial charge in [-0.1, -0.05) is 18.8 Å². The lowest BCUT2D eigenvalue weighted by molar-refractivity contribution is -0.144. The summed E-state index contributed by atoms with van der Waals surface area (Å²) in [4.78, 5) is 13.8. The Labute approximate surface area is 96.5 Å². The van der Waals surface area contributed by atoms with Gasteiger partial charge in [0.05, 0.1) is 18.6 Å². The lowest BCUT2D eigenvalue weighted by atomic mass is 10.0. The minimum atomic E-state index is -0.538. The molecule has 1 amide bonds. The maximum Gasteiger partial charge on any atom is 0.230 e. The van der Waals surface area contributed by atoms with E-state index in [4.69, 9.17) is 10.3 Å². The lowest BCUT2D eigenvalue weighted by Crippen LogP contribution is -2.44. The summed E-state index contributed by atoms with van der Waals surface area (Å²) in [5.74, 6) is -0.0938. The van der Waals surface area contributed by atoms with Crippen LogP contribution < -0.4 is 0 Å². The van der Waals surface area contributed by atoms with E-state index in [1.807, 2.05) is 20.8 Å². The molecule has 6 heteroatoms. The van der Waals surface area contributed by atoms with Crippen LogP contribution in [0.4, 0.5) is 0 Å². The highest BCUT2D eigenvalue weighted by Gasteiger charge is 2.56. The van der Waals surface area contributed by atoms with Crippen LogP contribution in [0.1, 0.15) is 20.8 Å². The quantitative estimate of drug-likeness (QED) is 0.521. The minimum absolute atomic E-state index is 0.0232. The number of ether oxygens (including phenoxy) is 1. The zero-order valence-electron chi connectivity index (χ0n) is 10.1. The van der Waals surface area contributed by atoms with Crippen molar-refractivity contribution in [1.29, 1.82) is 1.34 Å². The molecule has 0 N–H and O–H groups in total. The van der Waals surface area contributed by atoms with Crippen molar-refractivity contribution in [2.24, 2.45) is 5.92 Å². The van der Waals surface area contributed by atoms with Crippen molar-refractivity contribution in [3.8, 4) is 0 Å². The fourth-order valence-electron chi connectivity index (χ4n) is 2.41. The highest BCUT2D eigenvalue weighted by atomic mass is 32.2. The second-order valence-electron chi connectivity index (χ2n) is 4.48. The van der Waals surface area contributed by atoms with Gasteiger partial charge >= 0.3 is 0 Å². The van der Waals surface area contributed by atoms with Crippen LogP contribution in [-0.2, 0) is 13.7 Å². The average molecular weight is 230 g/mol. The van der Waals surface area contributed by atoms with Gasteiger partial charge in [-0.25, -0.2) is 0 Å². The molecule has 2 aliphatic heterocycles.